The first-order valence-corrected chi connectivity index (χ1v) is 6.71. The van der Waals surface area contributed by atoms with Crippen molar-refractivity contribution in [2.45, 2.75) is 12.8 Å². The molecule has 0 aromatic carbocycles. The molecule has 0 spiro atoms. The molecular formula is C13H11N3O2S. The Morgan fingerprint density at radius 3 is 3.05 bits per heavy atom. The first kappa shape index (κ1) is 11.9. The van der Waals surface area contributed by atoms with Crippen molar-refractivity contribution in [1.82, 2.24) is 14.4 Å². The lowest BCUT2D eigenvalue weighted by molar-refractivity contribution is -0.136. The Hall–Kier alpha value is -2.21. The molecule has 1 N–H and O–H groups in total. The minimum absolute atomic E-state index is 0.0844. The van der Waals surface area contributed by atoms with Crippen LogP contribution in [0.15, 0.2) is 36.0 Å². The van der Waals surface area contributed by atoms with E-state index in [1.807, 2.05) is 34.2 Å². The summed E-state index contributed by atoms with van der Waals surface area (Å²) in [5.41, 5.74) is 1.72. The number of carboxylic acids is 1. The van der Waals surface area contributed by atoms with Gasteiger partial charge in [-0.2, -0.15) is 0 Å². The van der Waals surface area contributed by atoms with E-state index in [1.165, 1.54) is 0 Å². The van der Waals surface area contributed by atoms with Gasteiger partial charge in [-0.25, -0.2) is 9.97 Å². The zero-order valence-electron chi connectivity index (χ0n) is 9.98. The number of fused-ring (bicyclic) bond motifs is 1. The third-order valence-corrected chi connectivity index (χ3v) is 3.71. The fourth-order valence-electron chi connectivity index (χ4n) is 2.01. The average molecular weight is 273 g/mol. The molecule has 3 heterocycles. The maximum absolute atomic E-state index is 10.8. The quantitative estimate of drug-likeness (QED) is 0.793. The van der Waals surface area contributed by atoms with Crippen molar-refractivity contribution in [1.29, 1.82) is 0 Å². The smallest absolute Gasteiger partial charge is 0.303 e. The minimum Gasteiger partial charge on any atom is -0.481 e. The molecule has 5 nitrogen and oxygen atoms in total. The number of nitrogens with zero attached hydrogens (tertiary/aromatic N) is 3. The van der Waals surface area contributed by atoms with Gasteiger partial charge in [0.1, 0.15) is 5.69 Å². The van der Waals surface area contributed by atoms with Gasteiger partial charge in [-0.1, -0.05) is 6.07 Å². The number of aryl methyl sites for hydroxylation is 1. The molecule has 0 aliphatic carbocycles. The Morgan fingerprint density at radius 1 is 1.42 bits per heavy atom. The van der Waals surface area contributed by atoms with E-state index in [9.17, 15) is 4.79 Å². The van der Waals surface area contributed by atoms with E-state index in [2.05, 4.69) is 9.97 Å². The van der Waals surface area contributed by atoms with Crippen LogP contribution in [0.2, 0.25) is 0 Å². The first-order valence-electron chi connectivity index (χ1n) is 5.83. The van der Waals surface area contributed by atoms with Crippen LogP contribution in [0.3, 0.4) is 0 Å². The Morgan fingerprint density at radius 2 is 2.32 bits per heavy atom. The van der Waals surface area contributed by atoms with Gasteiger partial charge in [0.25, 0.3) is 0 Å². The highest BCUT2D eigenvalue weighted by Gasteiger charge is 2.15. The standard InChI is InChI=1S/C13H11N3O2S/c17-11(18)5-4-9-12(10-3-1-8-19-10)15-13-14-6-2-7-16(9)13/h1-3,6-8H,4-5H2,(H,17,18). The highest BCUT2D eigenvalue weighted by Crippen LogP contribution is 2.28. The molecule has 3 aromatic rings. The lowest BCUT2D eigenvalue weighted by atomic mass is 10.2. The molecule has 0 fully saturated rings. The molecule has 6 heteroatoms. The number of rotatable bonds is 4. The van der Waals surface area contributed by atoms with E-state index < -0.39 is 5.97 Å². The molecule has 3 aromatic heterocycles. The summed E-state index contributed by atoms with van der Waals surface area (Å²) in [6.45, 7) is 0. The highest BCUT2D eigenvalue weighted by molar-refractivity contribution is 7.13. The fourth-order valence-corrected chi connectivity index (χ4v) is 2.75. The summed E-state index contributed by atoms with van der Waals surface area (Å²) in [5, 5.41) is 10.8. The van der Waals surface area contributed by atoms with Crippen molar-refractivity contribution >= 4 is 23.1 Å². The molecule has 0 bridgehead atoms. The maximum Gasteiger partial charge on any atom is 0.303 e. The van der Waals surface area contributed by atoms with Crippen LogP contribution in [0.4, 0.5) is 0 Å². The van der Waals surface area contributed by atoms with Crippen molar-refractivity contribution in [3.8, 4) is 10.6 Å². The predicted molar refractivity (Wildman–Crippen MR) is 72.3 cm³/mol. The molecule has 0 radical (unpaired) electrons. The summed E-state index contributed by atoms with van der Waals surface area (Å²) in [6.07, 6.45) is 4.07. The average Bonchev–Trinajstić information content (AvgIpc) is 3.03. The maximum atomic E-state index is 10.8. The van der Waals surface area contributed by atoms with Crippen LogP contribution in [0.25, 0.3) is 16.3 Å². The van der Waals surface area contributed by atoms with Gasteiger partial charge in [-0.3, -0.25) is 9.20 Å². The molecule has 0 aliphatic rings. The molecule has 0 amide bonds. The Labute approximate surface area is 113 Å². The second-order valence-electron chi connectivity index (χ2n) is 4.07. The van der Waals surface area contributed by atoms with Gasteiger partial charge in [0.15, 0.2) is 0 Å². The third kappa shape index (κ3) is 2.22. The first-order chi connectivity index (χ1) is 9.25. The number of thiophene rings is 1. The van der Waals surface area contributed by atoms with E-state index in [0.717, 1.165) is 16.3 Å². The minimum atomic E-state index is -0.809. The van der Waals surface area contributed by atoms with Crippen LogP contribution in [-0.2, 0) is 11.2 Å². The van der Waals surface area contributed by atoms with E-state index >= 15 is 0 Å². The number of aromatic nitrogens is 3. The molecule has 0 atom stereocenters. The van der Waals surface area contributed by atoms with Gasteiger partial charge >= 0.3 is 5.97 Å². The number of carboxylic acid groups (broad SMARTS) is 1. The third-order valence-electron chi connectivity index (χ3n) is 2.83. The fraction of sp³-hybridized carbons (Fsp3) is 0.154. The summed E-state index contributed by atoms with van der Waals surface area (Å²) < 4.78 is 1.86. The monoisotopic (exact) mass is 273 g/mol. The SMILES string of the molecule is O=C(O)CCc1c(-c2cccs2)nc2ncccn12. The van der Waals surface area contributed by atoms with Crippen LogP contribution < -0.4 is 0 Å². The van der Waals surface area contributed by atoms with Gasteiger partial charge in [-0.05, 0) is 17.5 Å². The second kappa shape index (κ2) is 4.81. The summed E-state index contributed by atoms with van der Waals surface area (Å²) in [4.78, 5) is 20.5. The van der Waals surface area contributed by atoms with Crippen molar-refractivity contribution in [3.05, 3.63) is 41.7 Å². The van der Waals surface area contributed by atoms with Gasteiger partial charge in [0, 0.05) is 18.8 Å². The van der Waals surface area contributed by atoms with Crippen molar-refractivity contribution in [3.63, 3.8) is 0 Å². The molecule has 96 valence electrons. The molecule has 0 saturated heterocycles. The van der Waals surface area contributed by atoms with Crippen LogP contribution in [-0.4, -0.2) is 25.4 Å². The number of imidazole rings is 1. The molecular weight excluding hydrogens is 262 g/mol. The lowest BCUT2D eigenvalue weighted by Gasteiger charge is -2.01. The molecule has 0 saturated carbocycles. The highest BCUT2D eigenvalue weighted by atomic mass is 32.1. The van der Waals surface area contributed by atoms with E-state index in [1.54, 1.807) is 17.5 Å². The van der Waals surface area contributed by atoms with E-state index in [-0.39, 0.29) is 6.42 Å². The molecule has 0 unspecified atom stereocenters. The summed E-state index contributed by atoms with van der Waals surface area (Å²) in [7, 11) is 0. The molecule has 3 rings (SSSR count). The molecule has 0 aliphatic heterocycles. The van der Waals surface area contributed by atoms with Gasteiger partial charge < -0.3 is 5.11 Å². The summed E-state index contributed by atoms with van der Waals surface area (Å²) in [5.74, 6) is -0.206. The van der Waals surface area contributed by atoms with Crippen molar-refractivity contribution in [2.24, 2.45) is 0 Å². The van der Waals surface area contributed by atoms with Crippen molar-refractivity contribution < 1.29 is 9.90 Å². The van der Waals surface area contributed by atoms with E-state index in [0.29, 0.717) is 12.2 Å². The molecule has 19 heavy (non-hydrogen) atoms. The Bertz CT molecular complexity index is 719. The van der Waals surface area contributed by atoms with Crippen LogP contribution in [0.5, 0.6) is 0 Å². The largest absolute Gasteiger partial charge is 0.481 e. The van der Waals surface area contributed by atoms with Crippen LogP contribution >= 0.6 is 11.3 Å². The zero-order valence-corrected chi connectivity index (χ0v) is 10.8. The normalized spacial score (nSPS) is 10.9. The summed E-state index contributed by atoms with van der Waals surface area (Å²) in [6, 6.07) is 5.76. The summed E-state index contributed by atoms with van der Waals surface area (Å²) >= 11 is 1.59. The topological polar surface area (TPSA) is 67.5 Å². The second-order valence-corrected chi connectivity index (χ2v) is 5.02. The number of aliphatic carboxylic acids is 1. The predicted octanol–water partition coefficient (Wildman–Crippen LogP) is 2.48. The van der Waals surface area contributed by atoms with E-state index in [4.69, 9.17) is 5.11 Å². The number of hydrogen-bond donors (Lipinski definition) is 1. The van der Waals surface area contributed by atoms with Crippen LogP contribution in [0, 0.1) is 0 Å². The Balaban J connectivity index is 2.14. The van der Waals surface area contributed by atoms with Gasteiger partial charge in [0.05, 0.1) is 17.0 Å². The Kier molecular flexibility index (Phi) is 3.00. The zero-order chi connectivity index (χ0) is 13.2. The van der Waals surface area contributed by atoms with Gasteiger partial charge in [0.2, 0.25) is 5.78 Å². The number of carbonyl (C=O) groups is 1. The van der Waals surface area contributed by atoms with Crippen LogP contribution in [0.1, 0.15) is 12.1 Å². The van der Waals surface area contributed by atoms with Crippen molar-refractivity contribution in [2.75, 3.05) is 0 Å². The van der Waals surface area contributed by atoms with Gasteiger partial charge in [-0.15, -0.1) is 11.3 Å². The number of hydrogen-bond acceptors (Lipinski definition) is 4. The lowest BCUT2D eigenvalue weighted by Crippen LogP contribution is -2.01.